The molecule has 5 aliphatic rings. The van der Waals surface area contributed by atoms with Gasteiger partial charge in [0.05, 0.1) is 53.7 Å². The Morgan fingerprint density at radius 2 is 1.58 bits per heavy atom. The van der Waals surface area contributed by atoms with Crippen molar-refractivity contribution >= 4 is 35.2 Å². The maximum absolute atomic E-state index is 14.7. The number of hydrogen-bond donors (Lipinski definition) is 5. The molecule has 0 radical (unpaired) electrons. The molecular formula is C51H77ClN2O12. The van der Waals surface area contributed by atoms with Gasteiger partial charge in [0.1, 0.15) is 11.8 Å². The smallest absolute Gasteiger partial charge is 0.309 e. The van der Waals surface area contributed by atoms with Crippen molar-refractivity contribution in [3.63, 3.8) is 0 Å². The first-order valence-electron chi connectivity index (χ1n) is 24.6. The quantitative estimate of drug-likeness (QED) is 0.0871. The van der Waals surface area contributed by atoms with Gasteiger partial charge in [0.2, 0.25) is 0 Å². The van der Waals surface area contributed by atoms with Gasteiger partial charge in [0.25, 0.3) is 0 Å². The summed E-state index contributed by atoms with van der Waals surface area (Å²) >= 11 is 6.32. The lowest BCUT2D eigenvalue weighted by Crippen LogP contribution is -2.66. The maximum Gasteiger partial charge on any atom is 0.309 e. The first-order chi connectivity index (χ1) is 31.1. The zero-order valence-corrected chi connectivity index (χ0v) is 41.5. The number of carboxylic acid groups (broad SMARTS) is 1. The molecular weight excluding hydrogens is 868 g/mol. The molecule has 6 rings (SSSR count). The van der Waals surface area contributed by atoms with E-state index in [1.54, 1.807) is 43.3 Å². The molecule has 5 heterocycles. The topological polar surface area (TPSA) is 199 Å². The summed E-state index contributed by atoms with van der Waals surface area (Å²) < 4.78 is 34.4. The van der Waals surface area contributed by atoms with Crippen LogP contribution in [-0.4, -0.2) is 104 Å². The van der Waals surface area contributed by atoms with Crippen molar-refractivity contribution in [3.8, 4) is 0 Å². The van der Waals surface area contributed by atoms with Crippen LogP contribution in [0.15, 0.2) is 36.4 Å². The molecule has 5 N–H and O–H groups in total. The number of ether oxygens (including phenoxy) is 5. The van der Waals surface area contributed by atoms with E-state index in [0.29, 0.717) is 68.4 Å². The molecule has 1 aromatic rings. The SMILES string of the molecule is CCC(C(=O)[C@@H](C)[C@@H](O)[C@H](C)[C@@H]1O[C@@H]([C@@H](CC)C(=O)O)CC[C@@H]1C)[C@H]1O[C@]2(C=C[C@@H](NC(=O)C(=O)NCc3ccccc3Cl)[C@]3(CC[C@@](C)([C@H]4CC[C@](O)(CC)[C@H](C)O4)O3)O2)[C@H](C)C[C@@H]1C. The molecule has 14 nitrogen and oxygen atoms in total. The molecule has 18 atom stereocenters. The Morgan fingerprint density at radius 3 is 2.21 bits per heavy atom. The van der Waals surface area contributed by atoms with E-state index in [9.17, 15) is 34.5 Å². The zero-order valence-electron chi connectivity index (χ0n) is 40.7. The zero-order chi connectivity index (χ0) is 48.5. The molecule has 4 saturated heterocycles. The van der Waals surface area contributed by atoms with Crippen LogP contribution in [0.5, 0.6) is 0 Å². The number of nitrogens with one attached hydrogen (secondary N) is 2. The van der Waals surface area contributed by atoms with Crippen LogP contribution < -0.4 is 10.6 Å². The number of hydrogen-bond acceptors (Lipinski definition) is 11. The first-order valence-corrected chi connectivity index (χ1v) is 25.0. The summed E-state index contributed by atoms with van der Waals surface area (Å²) in [5, 5.41) is 39.0. The normalized spacial score (nSPS) is 39.1. The number of aliphatic hydroxyl groups excluding tert-OH is 1. The highest BCUT2D eigenvalue weighted by atomic mass is 35.5. The average molecular weight is 946 g/mol. The lowest BCUT2D eigenvalue weighted by molar-refractivity contribution is -0.398. The van der Waals surface area contributed by atoms with E-state index in [1.165, 1.54) is 0 Å². The van der Waals surface area contributed by atoms with E-state index in [2.05, 4.69) is 17.6 Å². The Morgan fingerprint density at radius 1 is 0.879 bits per heavy atom. The Hall–Kier alpha value is -2.95. The van der Waals surface area contributed by atoms with E-state index >= 15 is 0 Å². The van der Waals surface area contributed by atoms with Crippen molar-refractivity contribution in [3.05, 3.63) is 47.0 Å². The highest BCUT2D eigenvalue weighted by Crippen LogP contribution is 2.54. The largest absolute Gasteiger partial charge is 0.481 e. The Bertz CT molecular complexity index is 1930. The first kappa shape index (κ1) is 52.4. The second-order valence-electron chi connectivity index (χ2n) is 20.7. The average Bonchev–Trinajstić information content (AvgIpc) is 3.63. The minimum atomic E-state index is -1.52. The highest BCUT2D eigenvalue weighted by Gasteiger charge is 2.63. The summed E-state index contributed by atoms with van der Waals surface area (Å²) in [4.78, 5) is 53.8. The van der Waals surface area contributed by atoms with Crippen LogP contribution in [0, 0.1) is 41.4 Å². The van der Waals surface area contributed by atoms with Crippen molar-refractivity contribution in [2.45, 2.75) is 205 Å². The number of aliphatic hydroxyl groups is 2. The van der Waals surface area contributed by atoms with Crippen LogP contribution in [0.4, 0.5) is 0 Å². The van der Waals surface area contributed by atoms with Gasteiger partial charge in [-0.1, -0.05) is 91.3 Å². The van der Waals surface area contributed by atoms with Gasteiger partial charge >= 0.3 is 17.8 Å². The molecule has 1 unspecified atom stereocenters. The number of halogens is 1. The van der Waals surface area contributed by atoms with Crippen LogP contribution in [0.1, 0.15) is 139 Å². The lowest BCUT2D eigenvalue weighted by Gasteiger charge is -2.55. The van der Waals surface area contributed by atoms with E-state index in [0.717, 1.165) is 6.42 Å². The number of Topliss-reactive ketones (excluding diaryl/α,β-unsaturated/α-hetero) is 1. The number of ketones is 1. The predicted molar refractivity (Wildman–Crippen MR) is 248 cm³/mol. The van der Waals surface area contributed by atoms with Crippen molar-refractivity contribution < 1.29 is 58.2 Å². The van der Waals surface area contributed by atoms with Crippen LogP contribution >= 0.6 is 11.6 Å². The molecule has 370 valence electrons. The number of rotatable bonds is 15. The molecule has 2 amide bonds. The standard InChI is InChI=1S/C51H77ClN2O12/c1-11-35(47(59)60)38-19-18-28(4)43(63-38)32(8)41(55)31(7)42(56)36(12-2)44-29(5)26-30(6)50(64-44)23-20-39(54-46(58)45(57)53-27-34-16-14-15-17-37(34)52)51(66-50)25-24-48(10,65-51)40-21-22-49(61,13-3)33(9)62-40/h14-17,20,23,28-33,35-36,38-41,43-44,55,61H,11-13,18-19,21-22,24-27H2,1-10H3,(H,53,57)(H,54,58)(H,59,60)/t28-,29-,30+,31-,32-,33-,35+,36?,38+,39+,40+,41+,43+,44-,48-,49+,50-,51-/m0/s1. The number of amides is 2. The van der Waals surface area contributed by atoms with Gasteiger partial charge in [-0.3, -0.25) is 19.2 Å². The molecule has 4 fully saturated rings. The van der Waals surface area contributed by atoms with Crippen LogP contribution in [0.2, 0.25) is 5.02 Å². The van der Waals surface area contributed by atoms with E-state index < -0.39 is 107 Å². The summed E-state index contributed by atoms with van der Waals surface area (Å²) in [7, 11) is 0. The third-order valence-corrected chi connectivity index (χ3v) is 16.7. The van der Waals surface area contributed by atoms with Gasteiger partial charge in [-0.25, -0.2) is 0 Å². The van der Waals surface area contributed by atoms with Gasteiger partial charge in [-0.05, 0) is 101 Å². The van der Waals surface area contributed by atoms with E-state index in [-0.39, 0.29) is 30.1 Å². The van der Waals surface area contributed by atoms with Gasteiger partial charge in [0, 0.05) is 41.7 Å². The maximum atomic E-state index is 14.7. The molecule has 2 spiro atoms. The van der Waals surface area contributed by atoms with Crippen molar-refractivity contribution in [2.75, 3.05) is 0 Å². The number of carbonyl (C=O) groups excluding carboxylic acids is 3. The van der Waals surface area contributed by atoms with Crippen LogP contribution in [0.25, 0.3) is 0 Å². The second kappa shape index (κ2) is 21.0. The predicted octanol–water partition coefficient (Wildman–Crippen LogP) is 7.28. The molecule has 0 aliphatic carbocycles. The second-order valence-corrected chi connectivity index (χ2v) is 21.1. The molecule has 0 bridgehead atoms. The number of aliphatic carboxylic acids is 1. The minimum absolute atomic E-state index is 0.0456. The molecule has 66 heavy (non-hydrogen) atoms. The number of carbonyl (C=O) groups is 4. The van der Waals surface area contributed by atoms with Crippen molar-refractivity contribution in [1.29, 1.82) is 0 Å². The summed E-state index contributed by atoms with van der Waals surface area (Å²) in [5.74, 6) is -8.45. The van der Waals surface area contributed by atoms with Gasteiger partial charge in [-0.2, -0.15) is 0 Å². The lowest BCUT2D eigenvalue weighted by atomic mass is 9.72. The Labute approximate surface area is 396 Å². The van der Waals surface area contributed by atoms with Crippen LogP contribution in [0.3, 0.4) is 0 Å². The molecule has 5 aliphatic heterocycles. The summed E-state index contributed by atoms with van der Waals surface area (Å²) in [6, 6.07) is 6.12. The summed E-state index contributed by atoms with van der Waals surface area (Å²) in [5.41, 5.74) is -1.22. The van der Waals surface area contributed by atoms with E-state index in [4.69, 9.17) is 35.3 Å². The fourth-order valence-corrected chi connectivity index (χ4v) is 12.0. The van der Waals surface area contributed by atoms with Gasteiger partial charge in [-0.15, -0.1) is 0 Å². The van der Waals surface area contributed by atoms with E-state index in [1.807, 2.05) is 55.4 Å². The van der Waals surface area contributed by atoms with Crippen molar-refractivity contribution in [2.24, 2.45) is 41.4 Å². The number of benzene rings is 1. The summed E-state index contributed by atoms with van der Waals surface area (Å²) in [6.07, 6.45) is 5.38. The molecule has 0 saturated carbocycles. The third-order valence-electron chi connectivity index (χ3n) is 16.4. The van der Waals surface area contributed by atoms with Gasteiger partial charge < -0.3 is 49.6 Å². The van der Waals surface area contributed by atoms with Crippen LogP contribution in [-0.2, 0) is 49.4 Å². The fraction of sp³-hybridized carbons (Fsp3) is 0.765. The molecule has 15 heteroatoms. The summed E-state index contributed by atoms with van der Waals surface area (Å²) in [6.45, 7) is 19.4. The minimum Gasteiger partial charge on any atom is -0.481 e. The highest BCUT2D eigenvalue weighted by molar-refractivity contribution is 6.35. The fourth-order valence-electron chi connectivity index (χ4n) is 11.8. The Kier molecular flexibility index (Phi) is 16.6. The number of carboxylic acids is 1. The molecule has 0 aromatic heterocycles. The monoisotopic (exact) mass is 945 g/mol. The van der Waals surface area contributed by atoms with Crippen molar-refractivity contribution in [1.82, 2.24) is 10.6 Å². The van der Waals surface area contributed by atoms with Gasteiger partial charge in [0.15, 0.2) is 11.6 Å². The molecule has 1 aromatic carbocycles. The third kappa shape index (κ3) is 10.5. The Balaban J connectivity index is 1.24.